The lowest BCUT2D eigenvalue weighted by Gasteiger charge is -2.27. The van der Waals surface area contributed by atoms with Crippen molar-refractivity contribution in [2.24, 2.45) is 11.7 Å². The van der Waals surface area contributed by atoms with Crippen molar-refractivity contribution in [3.8, 4) is 16.9 Å². The van der Waals surface area contributed by atoms with E-state index in [4.69, 9.17) is 10.5 Å². The third-order valence-corrected chi connectivity index (χ3v) is 4.85. The molecule has 34 heavy (non-hydrogen) atoms. The monoisotopic (exact) mass is 473 g/mol. The first-order valence-electron chi connectivity index (χ1n) is 10.6. The van der Waals surface area contributed by atoms with Crippen molar-refractivity contribution < 1.29 is 22.7 Å². The normalized spacial score (nSPS) is 13.4. The fraction of sp³-hybridized carbons (Fsp3) is 0.333. The Morgan fingerprint density at radius 1 is 1.09 bits per heavy atom. The summed E-state index contributed by atoms with van der Waals surface area (Å²) in [5.74, 6) is -0.390. The summed E-state index contributed by atoms with van der Waals surface area (Å²) >= 11 is 0. The van der Waals surface area contributed by atoms with Crippen LogP contribution in [0.25, 0.3) is 11.1 Å². The van der Waals surface area contributed by atoms with Gasteiger partial charge in [0.05, 0.1) is 11.8 Å². The zero-order valence-corrected chi connectivity index (χ0v) is 19.1. The summed E-state index contributed by atoms with van der Waals surface area (Å²) in [4.78, 5) is 24.1. The Balaban J connectivity index is 1.85. The molecule has 2 aromatic heterocycles. The van der Waals surface area contributed by atoms with E-state index in [0.717, 1.165) is 6.07 Å². The van der Waals surface area contributed by atoms with Crippen LogP contribution in [0.3, 0.4) is 0 Å². The van der Waals surface area contributed by atoms with Crippen LogP contribution in [0.1, 0.15) is 43.2 Å². The average Bonchev–Trinajstić information content (AvgIpc) is 2.77. The Kier molecular flexibility index (Phi) is 7.51. The van der Waals surface area contributed by atoms with Crippen LogP contribution in [-0.2, 0) is 6.18 Å². The quantitative estimate of drug-likeness (QED) is 0.480. The van der Waals surface area contributed by atoms with Gasteiger partial charge in [-0.1, -0.05) is 19.9 Å². The highest BCUT2D eigenvalue weighted by molar-refractivity contribution is 6.02. The van der Waals surface area contributed by atoms with Crippen molar-refractivity contribution in [2.45, 2.75) is 38.9 Å². The molecule has 1 amide bonds. The molecule has 3 aromatic rings. The van der Waals surface area contributed by atoms with Crippen molar-refractivity contribution in [3.63, 3.8) is 0 Å². The van der Waals surface area contributed by atoms with Crippen LogP contribution in [0.15, 0.2) is 55.1 Å². The third kappa shape index (κ3) is 6.74. The minimum atomic E-state index is -4.63. The van der Waals surface area contributed by atoms with Gasteiger partial charge in [-0.05, 0) is 54.7 Å². The molecule has 3 N–H and O–H groups in total. The highest BCUT2D eigenvalue weighted by atomic mass is 19.4. The van der Waals surface area contributed by atoms with Crippen LogP contribution >= 0.6 is 0 Å². The molecule has 0 aliphatic rings. The topological polar surface area (TPSA) is 103 Å². The Labute approximate surface area is 195 Å². The summed E-state index contributed by atoms with van der Waals surface area (Å²) in [5, 5.41) is 2.56. The molecular formula is C24H26F3N5O2. The van der Waals surface area contributed by atoms with Crippen molar-refractivity contribution in [1.82, 2.24) is 15.0 Å². The molecule has 1 aromatic carbocycles. The molecule has 0 radical (unpaired) electrons. The molecule has 180 valence electrons. The standard InChI is InChI=1S/C24H26F3N5O2/c1-15(2)12-23(3,28)14-34-20-5-4-16(10-18(20)24(25,26)27)17-6-7-31-21(11-17)32-22(33)19-13-29-8-9-30-19/h4-11,13,15H,12,14,28H2,1-3H3,(H,31,32,33). The summed E-state index contributed by atoms with van der Waals surface area (Å²) < 4.78 is 47.0. The van der Waals surface area contributed by atoms with E-state index in [2.05, 4.69) is 20.3 Å². The summed E-state index contributed by atoms with van der Waals surface area (Å²) in [6.45, 7) is 5.67. The molecule has 3 rings (SSSR count). The lowest BCUT2D eigenvalue weighted by molar-refractivity contribution is -0.139. The minimum absolute atomic E-state index is 0.0541. The summed E-state index contributed by atoms with van der Waals surface area (Å²) in [6, 6.07) is 6.83. The van der Waals surface area contributed by atoms with Gasteiger partial charge >= 0.3 is 6.18 Å². The van der Waals surface area contributed by atoms with Crippen LogP contribution in [0.4, 0.5) is 19.0 Å². The molecule has 1 unspecified atom stereocenters. The number of rotatable bonds is 8. The fourth-order valence-electron chi connectivity index (χ4n) is 3.57. The smallest absolute Gasteiger partial charge is 0.419 e. The number of ether oxygens (including phenoxy) is 1. The van der Waals surface area contributed by atoms with E-state index in [9.17, 15) is 18.0 Å². The van der Waals surface area contributed by atoms with E-state index >= 15 is 0 Å². The van der Waals surface area contributed by atoms with Crippen LogP contribution in [0.5, 0.6) is 5.75 Å². The predicted octanol–water partition coefficient (Wildman–Crippen LogP) is 4.95. The third-order valence-electron chi connectivity index (χ3n) is 4.85. The Morgan fingerprint density at radius 2 is 1.82 bits per heavy atom. The highest BCUT2D eigenvalue weighted by Crippen LogP contribution is 2.39. The molecule has 0 fully saturated rings. The van der Waals surface area contributed by atoms with Gasteiger partial charge < -0.3 is 15.8 Å². The number of anilines is 1. The number of alkyl halides is 3. The van der Waals surface area contributed by atoms with Crippen LogP contribution in [0.2, 0.25) is 0 Å². The van der Waals surface area contributed by atoms with Gasteiger partial charge in [-0.15, -0.1) is 0 Å². The van der Waals surface area contributed by atoms with E-state index in [1.165, 1.54) is 43.0 Å². The molecule has 0 saturated carbocycles. The number of nitrogens with one attached hydrogen (secondary N) is 1. The summed E-state index contributed by atoms with van der Waals surface area (Å²) in [6.07, 6.45) is 1.46. The molecule has 0 aliphatic carbocycles. The number of benzene rings is 1. The molecule has 1 atom stereocenters. The van der Waals surface area contributed by atoms with Gasteiger partial charge in [0.2, 0.25) is 0 Å². The second-order valence-electron chi connectivity index (χ2n) is 8.72. The molecule has 7 nitrogen and oxygen atoms in total. The summed E-state index contributed by atoms with van der Waals surface area (Å²) in [7, 11) is 0. The maximum Gasteiger partial charge on any atom is 0.419 e. The Bertz CT molecular complexity index is 1130. The van der Waals surface area contributed by atoms with Gasteiger partial charge in [-0.25, -0.2) is 9.97 Å². The van der Waals surface area contributed by atoms with Gasteiger partial charge in [0.15, 0.2) is 0 Å². The first-order chi connectivity index (χ1) is 15.9. The number of pyridine rings is 1. The van der Waals surface area contributed by atoms with Crippen molar-refractivity contribution in [1.29, 1.82) is 0 Å². The van der Waals surface area contributed by atoms with Gasteiger partial charge in [0, 0.05) is 24.1 Å². The first-order valence-corrected chi connectivity index (χ1v) is 10.6. The average molecular weight is 473 g/mol. The van der Waals surface area contributed by atoms with Gasteiger partial charge in [-0.2, -0.15) is 13.2 Å². The molecule has 0 saturated heterocycles. The second kappa shape index (κ2) is 10.2. The van der Waals surface area contributed by atoms with E-state index < -0.39 is 23.2 Å². The van der Waals surface area contributed by atoms with Gasteiger partial charge in [-0.3, -0.25) is 9.78 Å². The number of nitrogens with two attached hydrogens (primary N) is 1. The highest BCUT2D eigenvalue weighted by Gasteiger charge is 2.35. The zero-order valence-electron chi connectivity index (χ0n) is 19.1. The molecule has 0 aliphatic heterocycles. The molecule has 0 bridgehead atoms. The maximum absolute atomic E-state index is 13.8. The van der Waals surface area contributed by atoms with E-state index in [1.807, 2.05) is 13.8 Å². The molecule has 10 heteroatoms. The van der Waals surface area contributed by atoms with Crippen molar-refractivity contribution in [3.05, 3.63) is 66.4 Å². The van der Waals surface area contributed by atoms with Crippen LogP contribution < -0.4 is 15.8 Å². The summed E-state index contributed by atoms with van der Waals surface area (Å²) in [5.41, 5.74) is 5.32. The number of nitrogens with zero attached hydrogens (tertiary/aromatic N) is 3. The van der Waals surface area contributed by atoms with Crippen molar-refractivity contribution >= 4 is 11.7 Å². The van der Waals surface area contributed by atoms with Gasteiger partial charge in [0.25, 0.3) is 5.91 Å². The maximum atomic E-state index is 13.8. The first kappa shape index (κ1) is 25.1. The Morgan fingerprint density at radius 3 is 2.47 bits per heavy atom. The van der Waals surface area contributed by atoms with Crippen LogP contribution in [-0.4, -0.2) is 33.0 Å². The zero-order chi connectivity index (χ0) is 24.9. The largest absolute Gasteiger partial charge is 0.491 e. The van der Waals surface area contributed by atoms with Gasteiger partial charge in [0.1, 0.15) is 23.9 Å². The lowest BCUT2D eigenvalue weighted by atomic mass is 9.93. The fourth-order valence-corrected chi connectivity index (χ4v) is 3.57. The number of carbonyl (C=O) groups is 1. The van der Waals surface area contributed by atoms with Crippen molar-refractivity contribution in [2.75, 3.05) is 11.9 Å². The SMILES string of the molecule is CC(C)CC(C)(N)COc1ccc(-c2ccnc(NC(=O)c3cnccn3)c2)cc1C(F)(F)F. The van der Waals surface area contributed by atoms with Crippen LogP contribution in [0, 0.1) is 5.92 Å². The lowest BCUT2D eigenvalue weighted by Crippen LogP contribution is -2.43. The molecule has 2 heterocycles. The van der Waals surface area contributed by atoms with E-state index in [-0.39, 0.29) is 35.3 Å². The number of hydrogen-bond donors (Lipinski definition) is 2. The number of aromatic nitrogens is 3. The van der Waals surface area contributed by atoms with E-state index in [0.29, 0.717) is 12.0 Å². The minimum Gasteiger partial charge on any atom is -0.491 e. The molecule has 0 spiro atoms. The molecular weight excluding hydrogens is 447 g/mol. The number of halogens is 3. The second-order valence-corrected chi connectivity index (χ2v) is 8.72. The number of hydrogen-bond acceptors (Lipinski definition) is 6. The van der Waals surface area contributed by atoms with E-state index in [1.54, 1.807) is 13.0 Å². The number of carbonyl (C=O) groups excluding carboxylic acids is 1. The number of amides is 1. The Hall–Kier alpha value is -3.53. The predicted molar refractivity (Wildman–Crippen MR) is 122 cm³/mol.